The Kier molecular flexibility index (Phi) is 4.18. The lowest BCUT2D eigenvalue weighted by Crippen LogP contribution is -2.14. The summed E-state index contributed by atoms with van der Waals surface area (Å²) in [7, 11) is 0. The van der Waals surface area contributed by atoms with Crippen molar-refractivity contribution in [3.63, 3.8) is 0 Å². The van der Waals surface area contributed by atoms with E-state index in [1.807, 2.05) is 0 Å². The molecular weight excluding hydrogens is 414 g/mol. The molecule has 0 N–H and O–H groups in total. The normalized spacial score (nSPS) is 13.2. The van der Waals surface area contributed by atoms with Crippen molar-refractivity contribution < 1.29 is 22.0 Å². The molecule has 1 heterocycles. The zero-order valence-corrected chi connectivity index (χ0v) is 12.9. The molecule has 1 aromatic heterocycles. The molecule has 110 valence electrons. The first kappa shape index (κ1) is 16.1. The quantitative estimate of drug-likeness (QED) is 0.475. The fraction of sp³-hybridized carbons (Fsp3) is 0.222. The van der Waals surface area contributed by atoms with Gasteiger partial charge in [0.15, 0.2) is 0 Å². The highest BCUT2D eigenvalue weighted by Gasteiger charge is 2.40. The molecule has 2 nitrogen and oxygen atoms in total. The van der Waals surface area contributed by atoms with Crippen LogP contribution in [0.25, 0.3) is 11.0 Å². The van der Waals surface area contributed by atoms with Crippen molar-refractivity contribution in [3.05, 3.63) is 28.2 Å². The second-order valence-corrected chi connectivity index (χ2v) is 7.17. The topological polar surface area (TPSA) is 17.8 Å². The highest BCUT2D eigenvalue weighted by molar-refractivity contribution is 9.10. The molecule has 0 aliphatic rings. The molecule has 1 aromatic carbocycles. The van der Waals surface area contributed by atoms with Gasteiger partial charge in [0.05, 0.1) is 15.5 Å². The molecule has 2 aromatic rings. The van der Waals surface area contributed by atoms with Gasteiger partial charge in [-0.05, 0) is 22.0 Å². The number of halogens is 8. The van der Waals surface area contributed by atoms with Crippen molar-refractivity contribution in [2.24, 2.45) is 0 Å². The van der Waals surface area contributed by atoms with Crippen LogP contribution in [-0.4, -0.2) is 12.9 Å². The molecule has 2 rings (SSSR count). The van der Waals surface area contributed by atoms with E-state index < -0.39 is 21.7 Å². The summed E-state index contributed by atoms with van der Waals surface area (Å²) in [5.41, 5.74) is -0.484. The van der Waals surface area contributed by atoms with Crippen LogP contribution >= 0.6 is 51.1 Å². The highest BCUT2D eigenvalue weighted by atomic mass is 79.9. The lowest BCUT2D eigenvalue weighted by molar-refractivity contribution is -0.144. The molecule has 0 unspecified atom stereocenters. The lowest BCUT2D eigenvalue weighted by Gasteiger charge is -2.13. The predicted molar refractivity (Wildman–Crippen MR) is 70.9 cm³/mol. The third-order valence-electron chi connectivity index (χ3n) is 2.10. The number of aromatic nitrogens is 2. The zero-order valence-electron chi connectivity index (χ0n) is 8.98. The van der Waals surface area contributed by atoms with Crippen LogP contribution in [0.3, 0.4) is 0 Å². The summed E-state index contributed by atoms with van der Waals surface area (Å²) in [5.74, 6) is -2.28. The molecule has 0 saturated heterocycles. The van der Waals surface area contributed by atoms with Gasteiger partial charge in [-0.1, -0.05) is 23.2 Å². The number of nitrogens with zero attached hydrogens (tertiary/aromatic N) is 2. The Morgan fingerprint density at radius 2 is 1.80 bits per heavy atom. The van der Waals surface area contributed by atoms with Gasteiger partial charge in [-0.15, -0.1) is 0 Å². The van der Waals surface area contributed by atoms with Crippen LogP contribution in [0.4, 0.5) is 22.0 Å². The van der Waals surface area contributed by atoms with Gasteiger partial charge in [-0.2, -0.15) is 17.6 Å². The standard InChI is InChI=1S/C9H2BrCl2F5N2S/c10-3-1-5-6(2-4(3)13)19(20-9(11,12)17)7(18-5)8(14,15)16/h1-2H. The fourth-order valence-corrected chi connectivity index (χ4v) is 2.85. The average Bonchev–Trinajstić information content (AvgIpc) is 2.55. The zero-order chi connectivity index (χ0) is 15.3. The van der Waals surface area contributed by atoms with Crippen molar-refractivity contribution >= 4 is 62.1 Å². The summed E-state index contributed by atoms with van der Waals surface area (Å²) in [6.45, 7) is 0. The maximum Gasteiger partial charge on any atom is 0.450 e. The fourth-order valence-electron chi connectivity index (χ4n) is 1.43. The number of hydrogen-bond donors (Lipinski definition) is 0. The minimum atomic E-state index is -4.88. The first-order valence-electron chi connectivity index (χ1n) is 4.70. The Labute approximate surface area is 131 Å². The second-order valence-electron chi connectivity index (χ2n) is 3.52. The SMILES string of the molecule is Fc1cc2c(cc1Br)nc(C(F)(F)F)n2SC(F)(Cl)Cl. The summed E-state index contributed by atoms with van der Waals surface area (Å²) in [6.07, 6.45) is -4.88. The minimum absolute atomic E-state index is 0.0726. The Morgan fingerprint density at radius 3 is 2.30 bits per heavy atom. The van der Waals surface area contributed by atoms with E-state index in [0.29, 0.717) is 3.97 Å². The Morgan fingerprint density at radius 1 is 1.20 bits per heavy atom. The third-order valence-corrected chi connectivity index (χ3v) is 3.88. The lowest BCUT2D eigenvalue weighted by atomic mass is 10.3. The van der Waals surface area contributed by atoms with Crippen LogP contribution in [0.2, 0.25) is 0 Å². The van der Waals surface area contributed by atoms with Gasteiger partial charge in [-0.25, -0.2) is 9.37 Å². The van der Waals surface area contributed by atoms with Gasteiger partial charge in [0.1, 0.15) is 5.82 Å². The number of fused-ring (bicyclic) bond motifs is 1. The molecule has 0 radical (unpaired) electrons. The van der Waals surface area contributed by atoms with Gasteiger partial charge in [0.2, 0.25) is 5.82 Å². The van der Waals surface area contributed by atoms with Crippen LogP contribution in [-0.2, 0) is 6.18 Å². The van der Waals surface area contributed by atoms with E-state index >= 15 is 0 Å². The third kappa shape index (κ3) is 3.32. The minimum Gasteiger partial charge on any atom is -0.257 e. The van der Waals surface area contributed by atoms with Crippen molar-refractivity contribution in [3.8, 4) is 0 Å². The number of rotatable bonds is 2. The molecule has 0 amide bonds. The molecular formula is C9H2BrCl2F5N2S. The van der Waals surface area contributed by atoms with E-state index in [2.05, 4.69) is 20.9 Å². The van der Waals surface area contributed by atoms with E-state index in [0.717, 1.165) is 12.1 Å². The molecule has 11 heteroatoms. The van der Waals surface area contributed by atoms with Crippen molar-refractivity contribution in [2.45, 2.75) is 10.1 Å². The summed E-state index contributed by atoms with van der Waals surface area (Å²) < 4.78 is 62.4. The smallest absolute Gasteiger partial charge is 0.257 e. The van der Waals surface area contributed by atoms with E-state index in [9.17, 15) is 22.0 Å². The monoisotopic (exact) mass is 414 g/mol. The van der Waals surface area contributed by atoms with Crippen molar-refractivity contribution in [1.29, 1.82) is 0 Å². The molecule has 0 atom stereocenters. The molecule has 0 fully saturated rings. The second kappa shape index (κ2) is 5.19. The van der Waals surface area contributed by atoms with Crippen LogP contribution < -0.4 is 0 Å². The van der Waals surface area contributed by atoms with Gasteiger partial charge < -0.3 is 0 Å². The van der Waals surface area contributed by atoms with E-state index in [4.69, 9.17) is 23.2 Å². The van der Waals surface area contributed by atoms with Crippen LogP contribution in [0, 0.1) is 5.82 Å². The van der Waals surface area contributed by atoms with Gasteiger partial charge >= 0.3 is 10.1 Å². The maximum atomic E-state index is 13.4. The van der Waals surface area contributed by atoms with Gasteiger partial charge in [-0.3, -0.25) is 3.97 Å². The van der Waals surface area contributed by atoms with Crippen LogP contribution in [0.1, 0.15) is 5.82 Å². The summed E-state index contributed by atoms with van der Waals surface area (Å²) in [6, 6.07) is 1.81. The highest BCUT2D eigenvalue weighted by Crippen LogP contribution is 2.43. The van der Waals surface area contributed by atoms with E-state index in [1.165, 1.54) is 0 Å². The maximum absolute atomic E-state index is 13.4. The first-order chi connectivity index (χ1) is 8.99. The summed E-state index contributed by atoms with van der Waals surface area (Å²) >= 11 is 12.8. The molecule has 0 aliphatic carbocycles. The molecule has 20 heavy (non-hydrogen) atoms. The predicted octanol–water partition coefficient (Wildman–Crippen LogP) is 5.51. The molecule has 0 bridgehead atoms. The van der Waals surface area contributed by atoms with Crippen molar-refractivity contribution in [2.75, 3.05) is 0 Å². The number of hydrogen-bond acceptors (Lipinski definition) is 2. The number of imidazole rings is 1. The Hall–Kier alpha value is -0.250. The van der Waals surface area contributed by atoms with Crippen LogP contribution in [0.15, 0.2) is 16.6 Å². The van der Waals surface area contributed by atoms with E-state index in [1.54, 1.807) is 0 Å². The average molecular weight is 416 g/mol. The molecule has 0 spiro atoms. The first-order valence-corrected chi connectivity index (χ1v) is 7.02. The summed E-state index contributed by atoms with van der Waals surface area (Å²) in [4.78, 5) is 3.31. The number of benzene rings is 1. The largest absolute Gasteiger partial charge is 0.450 e. The number of alkyl halides is 6. The Bertz CT molecular complexity index is 667. The van der Waals surface area contributed by atoms with Crippen molar-refractivity contribution in [1.82, 2.24) is 8.96 Å². The Balaban J connectivity index is 2.75. The van der Waals surface area contributed by atoms with Gasteiger partial charge in [0, 0.05) is 18.0 Å². The summed E-state index contributed by atoms with van der Waals surface area (Å²) in [5, 5.41) is 0. The van der Waals surface area contributed by atoms with Crippen LogP contribution in [0.5, 0.6) is 0 Å². The molecule has 0 aliphatic heterocycles. The van der Waals surface area contributed by atoms with Gasteiger partial charge in [0.25, 0.3) is 0 Å². The van der Waals surface area contributed by atoms with E-state index in [-0.39, 0.29) is 27.5 Å². The molecule has 0 saturated carbocycles.